The number of aromatic nitrogens is 1. The molecular weight excluding hydrogens is 244 g/mol. The van der Waals surface area contributed by atoms with E-state index in [0.29, 0.717) is 11.6 Å². The van der Waals surface area contributed by atoms with Crippen LogP contribution in [0.2, 0.25) is 0 Å². The van der Waals surface area contributed by atoms with E-state index in [1.807, 2.05) is 0 Å². The summed E-state index contributed by atoms with van der Waals surface area (Å²) in [6.45, 7) is 5.00. The maximum atomic E-state index is 11.5. The minimum atomic E-state index is -0.0450. The number of H-pyrrole nitrogens is 1. The van der Waals surface area contributed by atoms with Crippen LogP contribution < -0.4 is 5.32 Å². The molecule has 0 saturated carbocycles. The molecular formula is C10H15BrN2O. The Kier molecular flexibility index (Phi) is 4.20. The minimum Gasteiger partial charge on any atom is -0.356 e. The van der Waals surface area contributed by atoms with Gasteiger partial charge in [0.15, 0.2) is 0 Å². The van der Waals surface area contributed by atoms with Crippen molar-refractivity contribution < 1.29 is 4.79 Å². The molecule has 0 bridgehead atoms. The molecule has 3 nitrogen and oxygen atoms in total. The lowest BCUT2D eigenvalue weighted by Gasteiger charge is -2.05. The van der Waals surface area contributed by atoms with Crippen LogP contribution in [0.25, 0.3) is 0 Å². The van der Waals surface area contributed by atoms with E-state index in [0.717, 1.165) is 17.4 Å². The molecule has 1 heterocycles. The molecule has 0 saturated heterocycles. The smallest absolute Gasteiger partial charge is 0.267 e. The van der Waals surface area contributed by atoms with Crippen molar-refractivity contribution in [3.63, 3.8) is 0 Å². The van der Waals surface area contributed by atoms with Gasteiger partial charge in [-0.25, -0.2) is 0 Å². The Morgan fingerprint density at radius 1 is 1.64 bits per heavy atom. The minimum absolute atomic E-state index is 0.0450. The Hall–Kier alpha value is -0.770. The first kappa shape index (κ1) is 11.3. The number of amides is 1. The van der Waals surface area contributed by atoms with Crippen LogP contribution in [-0.2, 0) is 0 Å². The summed E-state index contributed by atoms with van der Waals surface area (Å²) in [4.78, 5) is 14.4. The molecule has 0 atom stereocenters. The van der Waals surface area contributed by atoms with Crippen molar-refractivity contribution >= 4 is 21.8 Å². The monoisotopic (exact) mass is 258 g/mol. The fraction of sp³-hybridized carbons (Fsp3) is 0.500. The van der Waals surface area contributed by atoms with Crippen molar-refractivity contribution in [1.29, 1.82) is 0 Å². The van der Waals surface area contributed by atoms with Crippen LogP contribution in [0.3, 0.4) is 0 Å². The predicted molar refractivity (Wildman–Crippen MR) is 60.3 cm³/mol. The number of carbonyl (C=O) groups excluding carboxylic acids is 1. The fourth-order valence-electron chi connectivity index (χ4n) is 1.07. The van der Waals surface area contributed by atoms with E-state index in [-0.39, 0.29) is 5.91 Å². The molecule has 14 heavy (non-hydrogen) atoms. The molecule has 0 aliphatic heterocycles. The van der Waals surface area contributed by atoms with Crippen LogP contribution in [0.1, 0.15) is 30.8 Å². The largest absolute Gasteiger partial charge is 0.356 e. The van der Waals surface area contributed by atoms with E-state index in [2.05, 4.69) is 40.1 Å². The van der Waals surface area contributed by atoms with Crippen LogP contribution in [0.5, 0.6) is 0 Å². The summed E-state index contributed by atoms with van der Waals surface area (Å²) < 4.78 is 0.895. The lowest BCUT2D eigenvalue weighted by atomic mass is 10.1. The number of halogens is 1. The second kappa shape index (κ2) is 5.20. The molecule has 1 aromatic rings. The first-order valence-electron chi connectivity index (χ1n) is 4.71. The highest BCUT2D eigenvalue weighted by molar-refractivity contribution is 9.10. The molecule has 78 valence electrons. The van der Waals surface area contributed by atoms with Crippen molar-refractivity contribution in [3.05, 3.63) is 22.4 Å². The molecule has 1 amide bonds. The summed E-state index contributed by atoms with van der Waals surface area (Å²) >= 11 is 3.28. The number of hydrogen-bond donors (Lipinski definition) is 2. The summed E-state index contributed by atoms with van der Waals surface area (Å²) in [7, 11) is 0. The number of rotatable bonds is 4. The van der Waals surface area contributed by atoms with Crippen molar-refractivity contribution in [2.24, 2.45) is 5.92 Å². The summed E-state index contributed by atoms with van der Waals surface area (Å²) in [6, 6.07) is 1.77. The Bertz CT molecular complexity index is 307. The predicted octanol–water partition coefficient (Wildman–Crippen LogP) is 2.55. The highest BCUT2D eigenvalue weighted by atomic mass is 79.9. The van der Waals surface area contributed by atoms with Gasteiger partial charge in [0.1, 0.15) is 5.69 Å². The van der Waals surface area contributed by atoms with Crippen LogP contribution in [0, 0.1) is 5.92 Å². The van der Waals surface area contributed by atoms with Gasteiger partial charge in [0.05, 0.1) is 0 Å². The Labute approximate surface area is 92.4 Å². The quantitative estimate of drug-likeness (QED) is 0.857. The number of carbonyl (C=O) groups is 1. The van der Waals surface area contributed by atoms with Gasteiger partial charge < -0.3 is 10.3 Å². The number of nitrogens with one attached hydrogen (secondary N) is 2. The molecule has 4 heteroatoms. The van der Waals surface area contributed by atoms with Gasteiger partial charge in [-0.15, -0.1) is 0 Å². The molecule has 0 spiro atoms. The lowest BCUT2D eigenvalue weighted by molar-refractivity contribution is 0.0947. The van der Waals surface area contributed by atoms with Crippen LogP contribution in [0.4, 0.5) is 0 Å². The van der Waals surface area contributed by atoms with Gasteiger partial charge in [-0.05, 0) is 34.3 Å². The fourth-order valence-corrected chi connectivity index (χ4v) is 1.41. The Balaban J connectivity index is 2.36. The molecule has 0 unspecified atom stereocenters. The standard InChI is InChI=1S/C10H15BrN2O/c1-7(2)3-4-12-10(14)9-5-8(11)6-13-9/h5-7,13H,3-4H2,1-2H3,(H,12,14). The number of aromatic amines is 1. The summed E-state index contributed by atoms with van der Waals surface area (Å²) in [5.41, 5.74) is 0.598. The van der Waals surface area contributed by atoms with Gasteiger partial charge in [0.25, 0.3) is 5.91 Å². The molecule has 1 rings (SSSR count). The third kappa shape index (κ3) is 3.54. The lowest BCUT2D eigenvalue weighted by Crippen LogP contribution is -2.25. The average Bonchev–Trinajstić information content (AvgIpc) is 2.51. The van der Waals surface area contributed by atoms with Gasteiger partial charge in [-0.3, -0.25) is 4.79 Å². The average molecular weight is 259 g/mol. The van der Waals surface area contributed by atoms with E-state index in [1.165, 1.54) is 0 Å². The number of hydrogen-bond acceptors (Lipinski definition) is 1. The van der Waals surface area contributed by atoms with Crippen molar-refractivity contribution in [1.82, 2.24) is 10.3 Å². The Morgan fingerprint density at radius 2 is 2.36 bits per heavy atom. The molecule has 0 aromatic carbocycles. The van der Waals surface area contributed by atoms with Gasteiger partial charge in [-0.2, -0.15) is 0 Å². The second-order valence-electron chi connectivity index (χ2n) is 3.67. The van der Waals surface area contributed by atoms with Gasteiger partial charge in [0.2, 0.25) is 0 Å². The first-order valence-corrected chi connectivity index (χ1v) is 5.51. The summed E-state index contributed by atoms with van der Waals surface area (Å²) in [5, 5.41) is 2.85. The zero-order chi connectivity index (χ0) is 10.6. The summed E-state index contributed by atoms with van der Waals surface area (Å²) in [6.07, 6.45) is 2.75. The topological polar surface area (TPSA) is 44.9 Å². The first-order chi connectivity index (χ1) is 6.59. The zero-order valence-corrected chi connectivity index (χ0v) is 10.0. The van der Waals surface area contributed by atoms with Crippen LogP contribution in [0.15, 0.2) is 16.7 Å². The van der Waals surface area contributed by atoms with Crippen molar-refractivity contribution in [3.8, 4) is 0 Å². The SMILES string of the molecule is CC(C)CCNC(=O)c1cc(Br)c[nH]1. The van der Waals surface area contributed by atoms with Crippen molar-refractivity contribution in [2.75, 3.05) is 6.54 Å². The summed E-state index contributed by atoms with van der Waals surface area (Å²) in [5.74, 6) is 0.571. The van der Waals surface area contributed by atoms with E-state index < -0.39 is 0 Å². The normalized spacial score (nSPS) is 10.6. The van der Waals surface area contributed by atoms with Crippen LogP contribution in [-0.4, -0.2) is 17.4 Å². The molecule has 0 fully saturated rings. The third-order valence-corrected chi connectivity index (χ3v) is 2.36. The molecule has 1 aromatic heterocycles. The van der Waals surface area contributed by atoms with Crippen LogP contribution >= 0.6 is 15.9 Å². The third-order valence-electron chi connectivity index (χ3n) is 1.90. The van der Waals surface area contributed by atoms with Crippen molar-refractivity contribution in [2.45, 2.75) is 20.3 Å². The molecule has 0 radical (unpaired) electrons. The Morgan fingerprint density at radius 3 is 2.86 bits per heavy atom. The second-order valence-corrected chi connectivity index (χ2v) is 4.59. The zero-order valence-electron chi connectivity index (χ0n) is 8.43. The maximum Gasteiger partial charge on any atom is 0.267 e. The van der Waals surface area contributed by atoms with E-state index in [1.54, 1.807) is 12.3 Å². The van der Waals surface area contributed by atoms with Gasteiger partial charge >= 0.3 is 0 Å². The van der Waals surface area contributed by atoms with E-state index in [4.69, 9.17) is 0 Å². The van der Waals surface area contributed by atoms with Gasteiger partial charge in [0, 0.05) is 17.2 Å². The van der Waals surface area contributed by atoms with Gasteiger partial charge in [-0.1, -0.05) is 13.8 Å². The molecule has 0 aliphatic carbocycles. The van der Waals surface area contributed by atoms with E-state index in [9.17, 15) is 4.79 Å². The highest BCUT2D eigenvalue weighted by Crippen LogP contribution is 2.10. The maximum absolute atomic E-state index is 11.5. The van der Waals surface area contributed by atoms with E-state index >= 15 is 0 Å². The molecule has 2 N–H and O–H groups in total. The highest BCUT2D eigenvalue weighted by Gasteiger charge is 2.06. The molecule has 0 aliphatic rings.